The summed E-state index contributed by atoms with van der Waals surface area (Å²) in [6, 6.07) is -0.591. The zero-order chi connectivity index (χ0) is 25.1. The quantitative estimate of drug-likeness (QED) is 0.114. The molecule has 202 valence electrons. The van der Waals surface area contributed by atoms with Gasteiger partial charge in [-0.1, -0.05) is 129 Å². The van der Waals surface area contributed by atoms with Gasteiger partial charge in [-0.05, 0) is 19.3 Å². The van der Waals surface area contributed by atoms with Crippen molar-refractivity contribution in [1.82, 2.24) is 10.6 Å². The van der Waals surface area contributed by atoms with Crippen molar-refractivity contribution >= 4 is 11.8 Å². The van der Waals surface area contributed by atoms with E-state index in [2.05, 4.69) is 24.5 Å². The Kier molecular flexibility index (Phi) is 25.6. The fourth-order valence-corrected chi connectivity index (χ4v) is 4.30. The normalized spacial score (nSPS) is 12.0. The molecule has 0 aromatic heterocycles. The van der Waals surface area contributed by atoms with Crippen molar-refractivity contribution in [3.8, 4) is 0 Å². The molecule has 0 radical (unpaired) electrons. The number of unbranched alkanes of at least 4 members (excludes halogenated alkanes) is 18. The molecule has 2 amide bonds. The van der Waals surface area contributed by atoms with Gasteiger partial charge in [0.2, 0.25) is 11.8 Å². The summed E-state index contributed by atoms with van der Waals surface area (Å²) >= 11 is 0. The van der Waals surface area contributed by atoms with E-state index >= 15 is 0 Å². The second kappa shape index (κ2) is 26.5. The van der Waals surface area contributed by atoms with E-state index in [4.69, 9.17) is 5.73 Å². The predicted octanol–water partition coefficient (Wildman–Crippen LogP) is 7.17. The van der Waals surface area contributed by atoms with Crippen LogP contribution in [0.5, 0.6) is 0 Å². The molecule has 1 atom stereocenters. The molecule has 0 fully saturated rings. The van der Waals surface area contributed by atoms with Crippen LogP contribution in [0.15, 0.2) is 0 Å². The summed E-state index contributed by atoms with van der Waals surface area (Å²) in [6.45, 7) is 5.93. The van der Waals surface area contributed by atoms with Gasteiger partial charge in [0.05, 0.1) is 6.04 Å². The van der Waals surface area contributed by atoms with E-state index < -0.39 is 6.04 Å². The minimum Gasteiger partial charge on any atom is -0.356 e. The van der Waals surface area contributed by atoms with E-state index in [0.29, 0.717) is 19.4 Å². The number of carbonyl (C=O) groups excluding carboxylic acids is 2. The standard InChI is InChI=1S/C29H59N3O2/c1-3-5-7-9-11-13-15-17-19-21-25-31-28(33)24-23-27(30)29(34)32-26-22-20-18-16-14-12-10-8-6-4-2/h27H,3-26,30H2,1-2H3,(H,31,33)(H,32,34). The van der Waals surface area contributed by atoms with Crippen LogP contribution in [-0.2, 0) is 9.59 Å². The summed E-state index contributed by atoms with van der Waals surface area (Å²) in [4.78, 5) is 24.1. The van der Waals surface area contributed by atoms with Gasteiger partial charge in [0.15, 0.2) is 0 Å². The van der Waals surface area contributed by atoms with Crippen molar-refractivity contribution < 1.29 is 9.59 Å². The third-order valence-corrected chi connectivity index (χ3v) is 6.70. The van der Waals surface area contributed by atoms with Crippen molar-refractivity contribution in [1.29, 1.82) is 0 Å². The molecule has 4 N–H and O–H groups in total. The van der Waals surface area contributed by atoms with E-state index in [1.807, 2.05) is 0 Å². The summed E-state index contributed by atoms with van der Waals surface area (Å²) in [6.07, 6.45) is 26.5. The summed E-state index contributed by atoms with van der Waals surface area (Å²) in [5.41, 5.74) is 5.96. The van der Waals surface area contributed by atoms with Crippen molar-refractivity contribution in [3.05, 3.63) is 0 Å². The van der Waals surface area contributed by atoms with E-state index in [0.717, 1.165) is 25.8 Å². The third-order valence-electron chi connectivity index (χ3n) is 6.70. The Bertz CT molecular complexity index is 457. The molecular formula is C29H59N3O2. The number of nitrogens with one attached hydrogen (secondary N) is 2. The highest BCUT2D eigenvalue weighted by atomic mass is 16.2. The Balaban J connectivity index is 3.44. The van der Waals surface area contributed by atoms with Gasteiger partial charge in [-0.3, -0.25) is 9.59 Å². The van der Waals surface area contributed by atoms with Crippen molar-refractivity contribution in [2.75, 3.05) is 13.1 Å². The molecule has 1 unspecified atom stereocenters. The Hall–Kier alpha value is -1.10. The number of rotatable bonds is 26. The molecular weight excluding hydrogens is 422 g/mol. The first kappa shape index (κ1) is 32.9. The van der Waals surface area contributed by atoms with Gasteiger partial charge in [0.1, 0.15) is 0 Å². The Morgan fingerprint density at radius 1 is 0.559 bits per heavy atom. The maximum atomic E-state index is 12.1. The van der Waals surface area contributed by atoms with Gasteiger partial charge in [-0.15, -0.1) is 0 Å². The molecule has 34 heavy (non-hydrogen) atoms. The Morgan fingerprint density at radius 3 is 1.32 bits per heavy atom. The van der Waals surface area contributed by atoms with Crippen LogP contribution < -0.4 is 16.4 Å². The third kappa shape index (κ3) is 24.0. The fraction of sp³-hybridized carbons (Fsp3) is 0.931. The number of carbonyl (C=O) groups is 2. The Morgan fingerprint density at radius 2 is 0.912 bits per heavy atom. The van der Waals surface area contributed by atoms with Crippen LogP contribution in [0, 0.1) is 0 Å². The number of amides is 2. The molecule has 5 heteroatoms. The molecule has 0 aliphatic rings. The van der Waals surface area contributed by atoms with E-state index in [1.165, 1.54) is 109 Å². The molecule has 0 saturated heterocycles. The maximum Gasteiger partial charge on any atom is 0.236 e. The lowest BCUT2D eigenvalue weighted by Gasteiger charge is -2.12. The molecule has 0 spiro atoms. The highest BCUT2D eigenvalue weighted by Crippen LogP contribution is 2.11. The second-order valence-electron chi connectivity index (χ2n) is 10.2. The highest BCUT2D eigenvalue weighted by molar-refractivity contribution is 5.82. The van der Waals surface area contributed by atoms with Crippen LogP contribution in [0.2, 0.25) is 0 Å². The molecule has 0 aromatic carbocycles. The first-order chi connectivity index (χ1) is 16.6. The molecule has 0 aliphatic carbocycles. The molecule has 0 saturated carbocycles. The van der Waals surface area contributed by atoms with Crippen LogP contribution in [0.3, 0.4) is 0 Å². The average molecular weight is 482 g/mol. The van der Waals surface area contributed by atoms with Crippen molar-refractivity contribution in [2.24, 2.45) is 5.73 Å². The van der Waals surface area contributed by atoms with Gasteiger partial charge >= 0.3 is 0 Å². The lowest BCUT2D eigenvalue weighted by Crippen LogP contribution is -2.41. The van der Waals surface area contributed by atoms with Crippen molar-refractivity contribution in [3.63, 3.8) is 0 Å². The Labute approximate surface area is 212 Å². The molecule has 0 aliphatic heterocycles. The van der Waals surface area contributed by atoms with Gasteiger partial charge < -0.3 is 16.4 Å². The number of hydrogen-bond donors (Lipinski definition) is 3. The van der Waals surface area contributed by atoms with Gasteiger partial charge in [0, 0.05) is 19.5 Å². The predicted molar refractivity (Wildman–Crippen MR) is 147 cm³/mol. The lowest BCUT2D eigenvalue weighted by atomic mass is 10.1. The zero-order valence-electron chi connectivity index (χ0n) is 22.9. The van der Waals surface area contributed by atoms with Crippen LogP contribution in [-0.4, -0.2) is 30.9 Å². The smallest absolute Gasteiger partial charge is 0.236 e. The number of hydrogen-bond acceptors (Lipinski definition) is 3. The van der Waals surface area contributed by atoms with Crippen LogP contribution in [0.25, 0.3) is 0 Å². The summed E-state index contributed by atoms with van der Waals surface area (Å²) in [5.74, 6) is -0.118. The summed E-state index contributed by atoms with van der Waals surface area (Å²) < 4.78 is 0. The van der Waals surface area contributed by atoms with E-state index in [1.54, 1.807) is 0 Å². The summed E-state index contributed by atoms with van der Waals surface area (Å²) in [5, 5.41) is 5.89. The second-order valence-corrected chi connectivity index (χ2v) is 10.2. The van der Waals surface area contributed by atoms with Crippen LogP contribution >= 0.6 is 0 Å². The minimum absolute atomic E-state index is 0.00821. The first-order valence-corrected chi connectivity index (χ1v) is 14.9. The minimum atomic E-state index is -0.591. The van der Waals surface area contributed by atoms with Gasteiger partial charge in [-0.2, -0.15) is 0 Å². The van der Waals surface area contributed by atoms with Crippen LogP contribution in [0.4, 0.5) is 0 Å². The summed E-state index contributed by atoms with van der Waals surface area (Å²) in [7, 11) is 0. The fourth-order valence-electron chi connectivity index (χ4n) is 4.30. The van der Waals surface area contributed by atoms with Gasteiger partial charge in [0.25, 0.3) is 0 Å². The molecule has 0 bridgehead atoms. The number of nitrogens with two attached hydrogens (primary N) is 1. The first-order valence-electron chi connectivity index (χ1n) is 14.9. The molecule has 0 aromatic rings. The van der Waals surface area contributed by atoms with Gasteiger partial charge in [-0.25, -0.2) is 0 Å². The maximum absolute atomic E-state index is 12.1. The monoisotopic (exact) mass is 481 g/mol. The molecule has 0 heterocycles. The largest absolute Gasteiger partial charge is 0.356 e. The van der Waals surface area contributed by atoms with Crippen molar-refractivity contribution in [2.45, 2.75) is 161 Å². The zero-order valence-corrected chi connectivity index (χ0v) is 22.9. The topological polar surface area (TPSA) is 84.2 Å². The molecule has 0 rings (SSSR count). The average Bonchev–Trinajstić information content (AvgIpc) is 2.84. The SMILES string of the molecule is CCCCCCCCCCCCNC(=O)CCC(N)C(=O)NCCCCCCCCCCCC. The lowest BCUT2D eigenvalue weighted by molar-refractivity contribution is -0.123. The van der Waals surface area contributed by atoms with E-state index in [-0.39, 0.29) is 11.8 Å². The highest BCUT2D eigenvalue weighted by Gasteiger charge is 2.14. The van der Waals surface area contributed by atoms with E-state index in [9.17, 15) is 9.59 Å². The molecule has 5 nitrogen and oxygen atoms in total. The van der Waals surface area contributed by atoms with Crippen LogP contribution in [0.1, 0.15) is 155 Å².